The van der Waals surface area contributed by atoms with Gasteiger partial charge >= 0.3 is 0 Å². The topological polar surface area (TPSA) is 90.2 Å². The molecule has 1 rings (SSSR count). The molecule has 5 heteroatoms. The first-order valence-corrected chi connectivity index (χ1v) is 3.30. The van der Waals surface area contributed by atoms with E-state index in [2.05, 4.69) is 4.74 Å². The van der Waals surface area contributed by atoms with Crippen LogP contribution in [0, 0.1) is 6.61 Å². The second kappa shape index (κ2) is 3.46. The van der Waals surface area contributed by atoms with Crippen molar-refractivity contribution in [2.24, 2.45) is 0 Å². The summed E-state index contributed by atoms with van der Waals surface area (Å²) in [5.74, 6) is 0. The monoisotopic (exact) mass is 163 g/mol. The first-order chi connectivity index (χ1) is 5.16. The van der Waals surface area contributed by atoms with Crippen LogP contribution in [0.3, 0.4) is 0 Å². The molecule has 1 aliphatic rings. The Kier molecular flexibility index (Phi) is 2.80. The molecule has 4 atom stereocenters. The van der Waals surface area contributed by atoms with Gasteiger partial charge in [0.2, 0.25) is 0 Å². The quantitative estimate of drug-likeness (QED) is 0.346. The van der Waals surface area contributed by atoms with E-state index in [0.717, 1.165) is 6.61 Å². The zero-order valence-corrected chi connectivity index (χ0v) is 5.79. The zero-order valence-electron chi connectivity index (χ0n) is 5.79. The predicted molar refractivity (Wildman–Crippen MR) is 34.3 cm³/mol. The Bertz CT molecular complexity index is 126. The molecule has 5 nitrogen and oxygen atoms in total. The third-order valence-corrected chi connectivity index (χ3v) is 1.65. The molecule has 1 heterocycles. The van der Waals surface area contributed by atoms with Crippen LogP contribution in [0.5, 0.6) is 0 Å². The van der Waals surface area contributed by atoms with Crippen LogP contribution in [-0.4, -0.2) is 51.4 Å². The Labute approximate surface area is 63.8 Å². The molecule has 1 saturated heterocycles. The van der Waals surface area contributed by atoms with E-state index in [-0.39, 0.29) is 6.61 Å². The standard InChI is InChI=1S/C6H11O5/c7-1-4-6(10)5(9)3(8)2-11-4/h2-10H,1H2/t3-,4?,5-,6-/m1/s1. The zero-order chi connectivity index (χ0) is 8.43. The normalized spacial score (nSPS) is 45.8. The Morgan fingerprint density at radius 3 is 2.36 bits per heavy atom. The molecule has 0 aliphatic carbocycles. The van der Waals surface area contributed by atoms with Crippen molar-refractivity contribution in [1.29, 1.82) is 0 Å². The highest BCUT2D eigenvalue weighted by Crippen LogP contribution is 2.17. The minimum absolute atomic E-state index is 0.387. The molecule has 4 N–H and O–H groups in total. The van der Waals surface area contributed by atoms with Gasteiger partial charge in [0.15, 0.2) is 0 Å². The summed E-state index contributed by atoms with van der Waals surface area (Å²) in [7, 11) is 0. The lowest BCUT2D eigenvalue weighted by atomic mass is 10.0. The SMILES string of the molecule is OCC1O[CH][C@@H](O)[C@@H](O)[C@@H]1O. The lowest BCUT2D eigenvalue weighted by molar-refractivity contribution is -0.169. The molecule has 0 aromatic heterocycles. The van der Waals surface area contributed by atoms with Gasteiger partial charge in [0.25, 0.3) is 0 Å². The van der Waals surface area contributed by atoms with Gasteiger partial charge in [-0.3, -0.25) is 0 Å². The average molecular weight is 163 g/mol. The fourth-order valence-electron chi connectivity index (χ4n) is 0.915. The van der Waals surface area contributed by atoms with E-state index in [0.29, 0.717) is 0 Å². The molecule has 0 spiro atoms. The first kappa shape index (κ1) is 8.89. The van der Waals surface area contributed by atoms with Crippen molar-refractivity contribution in [3.63, 3.8) is 0 Å². The Balaban J connectivity index is 2.52. The molecule has 0 bridgehead atoms. The summed E-state index contributed by atoms with van der Waals surface area (Å²) in [4.78, 5) is 0. The van der Waals surface area contributed by atoms with Crippen LogP contribution in [0.1, 0.15) is 0 Å². The number of aliphatic hydroxyl groups excluding tert-OH is 4. The summed E-state index contributed by atoms with van der Waals surface area (Å²) in [6, 6.07) is 0. The smallest absolute Gasteiger partial charge is 0.115 e. The molecule has 11 heavy (non-hydrogen) atoms. The van der Waals surface area contributed by atoms with E-state index in [4.69, 9.17) is 20.4 Å². The summed E-state index contributed by atoms with van der Waals surface area (Å²) < 4.78 is 4.69. The summed E-state index contributed by atoms with van der Waals surface area (Å²) in [5.41, 5.74) is 0. The Hall–Kier alpha value is -0.200. The minimum atomic E-state index is -1.28. The van der Waals surface area contributed by atoms with Crippen molar-refractivity contribution >= 4 is 0 Å². The fraction of sp³-hybridized carbons (Fsp3) is 0.833. The predicted octanol–water partition coefficient (Wildman–Crippen LogP) is -2.38. The van der Waals surface area contributed by atoms with E-state index in [1.165, 1.54) is 0 Å². The van der Waals surface area contributed by atoms with Gasteiger partial charge in [0, 0.05) is 0 Å². The van der Waals surface area contributed by atoms with Crippen molar-refractivity contribution in [1.82, 2.24) is 0 Å². The van der Waals surface area contributed by atoms with Crippen LogP contribution >= 0.6 is 0 Å². The summed E-state index contributed by atoms with van der Waals surface area (Å²) >= 11 is 0. The van der Waals surface area contributed by atoms with Gasteiger partial charge in [-0.1, -0.05) is 0 Å². The van der Waals surface area contributed by atoms with E-state index < -0.39 is 24.4 Å². The summed E-state index contributed by atoms with van der Waals surface area (Å²) in [6.45, 7) is 0.611. The van der Waals surface area contributed by atoms with Crippen LogP contribution in [0.25, 0.3) is 0 Å². The van der Waals surface area contributed by atoms with E-state index in [1.54, 1.807) is 0 Å². The highest BCUT2D eigenvalue weighted by Gasteiger charge is 2.37. The molecular weight excluding hydrogens is 152 g/mol. The van der Waals surface area contributed by atoms with Crippen molar-refractivity contribution in [3.8, 4) is 0 Å². The van der Waals surface area contributed by atoms with Crippen molar-refractivity contribution < 1.29 is 25.2 Å². The molecule has 0 aromatic carbocycles. The highest BCUT2D eigenvalue weighted by molar-refractivity contribution is 4.91. The highest BCUT2D eigenvalue weighted by atomic mass is 16.5. The van der Waals surface area contributed by atoms with Crippen LogP contribution < -0.4 is 0 Å². The number of hydrogen-bond acceptors (Lipinski definition) is 5. The van der Waals surface area contributed by atoms with E-state index >= 15 is 0 Å². The van der Waals surface area contributed by atoms with E-state index in [1.807, 2.05) is 0 Å². The molecule has 1 unspecified atom stereocenters. The minimum Gasteiger partial charge on any atom is -0.394 e. The molecule has 0 saturated carbocycles. The second-order valence-corrected chi connectivity index (χ2v) is 2.46. The van der Waals surface area contributed by atoms with Gasteiger partial charge in [-0.05, 0) is 0 Å². The summed E-state index contributed by atoms with van der Waals surface area (Å²) in [5, 5.41) is 35.6. The molecule has 1 fully saturated rings. The maximum atomic E-state index is 9.09. The number of hydrogen-bond donors (Lipinski definition) is 4. The molecule has 1 aliphatic heterocycles. The maximum absolute atomic E-state index is 9.09. The van der Waals surface area contributed by atoms with E-state index in [9.17, 15) is 0 Å². The molecular formula is C6H11O5. The number of rotatable bonds is 1. The van der Waals surface area contributed by atoms with Crippen molar-refractivity contribution in [2.45, 2.75) is 24.4 Å². The lowest BCUT2D eigenvalue weighted by Crippen LogP contribution is -2.52. The molecule has 0 aromatic rings. The summed E-state index contributed by atoms with van der Waals surface area (Å²) in [6.07, 6.45) is -4.54. The van der Waals surface area contributed by atoms with Crippen LogP contribution in [0.2, 0.25) is 0 Å². The van der Waals surface area contributed by atoms with Crippen LogP contribution in [0.4, 0.5) is 0 Å². The fourth-order valence-corrected chi connectivity index (χ4v) is 0.915. The third kappa shape index (κ3) is 1.69. The van der Waals surface area contributed by atoms with Crippen molar-refractivity contribution in [3.05, 3.63) is 6.61 Å². The molecule has 65 valence electrons. The van der Waals surface area contributed by atoms with Gasteiger partial charge < -0.3 is 25.2 Å². The Morgan fingerprint density at radius 1 is 1.18 bits per heavy atom. The molecule has 0 amide bonds. The van der Waals surface area contributed by atoms with Crippen molar-refractivity contribution in [2.75, 3.05) is 6.61 Å². The largest absolute Gasteiger partial charge is 0.394 e. The maximum Gasteiger partial charge on any atom is 0.115 e. The van der Waals surface area contributed by atoms with Gasteiger partial charge in [-0.15, -0.1) is 0 Å². The number of aliphatic hydroxyl groups is 4. The van der Waals surface area contributed by atoms with Gasteiger partial charge in [-0.2, -0.15) is 0 Å². The lowest BCUT2D eigenvalue weighted by Gasteiger charge is -2.33. The Morgan fingerprint density at radius 2 is 1.82 bits per heavy atom. The molecule has 1 radical (unpaired) electrons. The van der Waals surface area contributed by atoms with Gasteiger partial charge in [0.1, 0.15) is 31.0 Å². The average Bonchev–Trinajstić information content (AvgIpc) is 2.01. The van der Waals surface area contributed by atoms with Gasteiger partial charge in [-0.25, -0.2) is 0 Å². The first-order valence-electron chi connectivity index (χ1n) is 3.30. The van der Waals surface area contributed by atoms with Crippen LogP contribution in [-0.2, 0) is 4.74 Å². The third-order valence-electron chi connectivity index (χ3n) is 1.65. The number of ether oxygens (including phenoxy) is 1. The second-order valence-electron chi connectivity index (χ2n) is 2.46. The van der Waals surface area contributed by atoms with Crippen LogP contribution in [0.15, 0.2) is 0 Å². The van der Waals surface area contributed by atoms with Gasteiger partial charge in [0.05, 0.1) is 6.61 Å².